The summed E-state index contributed by atoms with van der Waals surface area (Å²) in [4.78, 5) is 68.7. The molecular formula is C63H89N15O6Si2. The first-order chi connectivity index (χ1) is 40.4. The Morgan fingerprint density at radius 1 is 0.500 bits per heavy atom. The number of aromatic amines is 2. The van der Waals surface area contributed by atoms with Crippen molar-refractivity contribution in [2.75, 3.05) is 13.2 Å². The van der Waals surface area contributed by atoms with Gasteiger partial charge in [-0.05, 0) is 123 Å². The van der Waals surface area contributed by atoms with Gasteiger partial charge in [-0.1, -0.05) is 53.1 Å². The van der Waals surface area contributed by atoms with E-state index in [1.807, 2.05) is 139 Å². The maximum atomic E-state index is 12.6. The molecule has 8 aromatic rings. The number of nitrogens with one attached hydrogen (secondary N) is 4. The maximum Gasteiger partial charge on any atom is 0.408 e. The number of amides is 2. The molecule has 3 atom stereocenters. The Morgan fingerprint density at radius 3 is 1.14 bits per heavy atom. The molecule has 0 radical (unpaired) electrons. The van der Waals surface area contributed by atoms with Crippen LogP contribution in [0.5, 0.6) is 0 Å². The van der Waals surface area contributed by atoms with E-state index < -0.39 is 51.6 Å². The van der Waals surface area contributed by atoms with Crippen molar-refractivity contribution >= 4 is 28.3 Å². The first-order valence-electron chi connectivity index (χ1n) is 29.4. The number of hydrogen-bond donors (Lipinski definition) is 5. The Kier molecular flexibility index (Phi) is 21.6. The molecule has 21 nitrogen and oxygen atoms in total. The number of ether oxygens (including phenoxy) is 4. The second-order valence-electron chi connectivity index (χ2n) is 26.3. The molecule has 2 amide bonds. The number of hydrogen-bond acceptors (Lipinski definition) is 15. The van der Waals surface area contributed by atoms with E-state index in [1.54, 1.807) is 31.0 Å². The summed E-state index contributed by atoms with van der Waals surface area (Å²) in [6, 6.07) is 16.8. The van der Waals surface area contributed by atoms with Crippen LogP contribution in [-0.4, -0.2) is 112 Å². The molecule has 0 unspecified atom stereocenters. The standard InChI is InChI=1S/C42H66N8O6Si2.C21H23N7/c1-29(47-39(51)55-41(3,4)5)37-45-25-35(49(37)27-53-19-21-57(9,10)11)31-15-17-33(43-23-31)34-18-16-32(24-44-34)36-26-46-38(30(2)48-40(52)56-42(6,7)8)50(36)28-54-20-22-58(12,13)14;1-12(2)20-25-10-18(27-20)14-4-6-16(23-8-14)17-7-5-15(9-24-17)19-11-26-21(28-19)13(3)22/h15-18,23-26,29-30H,19-22,27-28H2,1-14H3,(H,47,51)(H,48,52);4-13H,22H2,1-3H3,(H,25,27)(H,26,28)/t29-,30-;13-/m00/s1. The second kappa shape index (κ2) is 28.2. The lowest BCUT2D eigenvalue weighted by atomic mass is 10.1. The minimum Gasteiger partial charge on any atom is -0.444 e. The molecule has 460 valence electrons. The number of alkyl carbamates (subject to hydrolysis) is 2. The van der Waals surface area contributed by atoms with Crippen LogP contribution in [0.15, 0.2) is 98.1 Å². The van der Waals surface area contributed by atoms with E-state index in [2.05, 4.69) is 93.7 Å². The number of nitrogens with two attached hydrogens (primary N) is 1. The summed E-state index contributed by atoms with van der Waals surface area (Å²) in [5.41, 5.74) is 14.8. The van der Waals surface area contributed by atoms with E-state index in [1.165, 1.54) is 0 Å². The van der Waals surface area contributed by atoms with Crippen LogP contribution in [0.25, 0.3) is 67.8 Å². The second-order valence-corrected chi connectivity index (χ2v) is 37.6. The molecule has 86 heavy (non-hydrogen) atoms. The summed E-state index contributed by atoms with van der Waals surface area (Å²) in [6.07, 6.45) is 13.4. The smallest absolute Gasteiger partial charge is 0.408 e. The summed E-state index contributed by atoms with van der Waals surface area (Å²) >= 11 is 0. The predicted molar refractivity (Wildman–Crippen MR) is 343 cm³/mol. The highest BCUT2D eigenvalue weighted by molar-refractivity contribution is 6.76. The molecule has 8 rings (SSSR count). The third kappa shape index (κ3) is 19.1. The molecule has 23 heteroatoms. The third-order valence-corrected chi connectivity index (χ3v) is 16.8. The number of pyridine rings is 4. The lowest BCUT2D eigenvalue weighted by Crippen LogP contribution is -2.35. The molecule has 0 aliphatic heterocycles. The molecular weight excluding hydrogens is 1120 g/mol. The molecule has 0 spiro atoms. The van der Waals surface area contributed by atoms with Crippen LogP contribution in [0, 0.1) is 0 Å². The number of nitrogens with zero attached hydrogens (tertiary/aromatic N) is 10. The Bertz CT molecular complexity index is 3230. The molecule has 0 aliphatic rings. The molecule has 0 saturated heterocycles. The molecule has 0 saturated carbocycles. The van der Waals surface area contributed by atoms with E-state index in [-0.39, 0.29) is 19.5 Å². The molecule has 8 aromatic heterocycles. The summed E-state index contributed by atoms with van der Waals surface area (Å²) in [6.45, 7) is 36.6. The molecule has 0 bridgehead atoms. The quantitative estimate of drug-likeness (QED) is 0.0312. The Balaban J connectivity index is 0.000000312. The largest absolute Gasteiger partial charge is 0.444 e. The van der Waals surface area contributed by atoms with Crippen molar-refractivity contribution < 1.29 is 28.5 Å². The monoisotopic (exact) mass is 1210 g/mol. The number of carbonyl (C=O) groups excluding carboxylic acids is 2. The molecule has 6 N–H and O–H groups in total. The van der Waals surface area contributed by atoms with Crippen molar-refractivity contribution in [3.05, 3.63) is 121 Å². The van der Waals surface area contributed by atoms with Crippen LogP contribution in [0.3, 0.4) is 0 Å². The van der Waals surface area contributed by atoms with Gasteiger partial charge in [-0.25, -0.2) is 29.5 Å². The van der Waals surface area contributed by atoms with E-state index >= 15 is 0 Å². The van der Waals surface area contributed by atoms with E-state index in [9.17, 15) is 9.59 Å². The molecule has 0 aromatic carbocycles. The lowest BCUT2D eigenvalue weighted by molar-refractivity contribution is 0.0486. The van der Waals surface area contributed by atoms with Crippen LogP contribution in [0.2, 0.25) is 51.4 Å². The highest BCUT2D eigenvalue weighted by atomic mass is 28.3. The van der Waals surface area contributed by atoms with Gasteiger partial charge in [0.15, 0.2) is 0 Å². The number of imidazole rings is 4. The Labute approximate surface area is 508 Å². The number of aromatic nitrogens is 12. The average Bonchev–Trinajstić information content (AvgIpc) is 2.15. The fourth-order valence-corrected chi connectivity index (χ4v) is 10.2. The van der Waals surface area contributed by atoms with Crippen LogP contribution in [0.1, 0.15) is 124 Å². The zero-order valence-corrected chi connectivity index (χ0v) is 55.3. The van der Waals surface area contributed by atoms with Crippen molar-refractivity contribution in [3.8, 4) is 67.8 Å². The van der Waals surface area contributed by atoms with Gasteiger partial charge in [0.2, 0.25) is 0 Å². The van der Waals surface area contributed by atoms with Crippen LogP contribution in [-0.2, 0) is 32.4 Å². The topological polar surface area (TPSA) is 266 Å². The Morgan fingerprint density at radius 2 is 0.849 bits per heavy atom. The summed E-state index contributed by atoms with van der Waals surface area (Å²) < 4.78 is 27.3. The summed E-state index contributed by atoms with van der Waals surface area (Å²) in [5.74, 6) is 3.39. The van der Waals surface area contributed by atoms with Gasteiger partial charge in [-0.15, -0.1) is 0 Å². The zero-order chi connectivity index (χ0) is 62.7. The lowest BCUT2D eigenvalue weighted by Gasteiger charge is -2.23. The number of H-pyrrole nitrogens is 2. The predicted octanol–water partition coefficient (Wildman–Crippen LogP) is 13.7. The van der Waals surface area contributed by atoms with Gasteiger partial charge >= 0.3 is 12.2 Å². The van der Waals surface area contributed by atoms with Crippen LogP contribution < -0.4 is 16.4 Å². The van der Waals surface area contributed by atoms with E-state index in [0.29, 0.717) is 42.2 Å². The minimum absolute atomic E-state index is 0.129. The van der Waals surface area contributed by atoms with Crippen molar-refractivity contribution in [1.29, 1.82) is 0 Å². The van der Waals surface area contributed by atoms with Crippen LogP contribution >= 0.6 is 0 Å². The maximum absolute atomic E-state index is 12.6. The van der Waals surface area contributed by atoms with Crippen molar-refractivity contribution in [2.45, 2.75) is 176 Å². The van der Waals surface area contributed by atoms with Gasteiger partial charge in [-0.3, -0.25) is 19.9 Å². The van der Waals surface area contributed by atoms with Gasteiger partial charge in [-0.2, -0.15) is 0 Å². The van der Waals surface area contributed by atoms with Gasteiger partial charge in [0.25, 0.3) is 0 Å². The highest BCUT2D eigenvalue weighted by Crippen LogP contribution is 2.30. The SMILES string of the molecule is CC(C)c1ncc(-c2ccc(-c3ccc(-c4cnc([C@H](C)N)[nH]4)cn3)nc2)[nH]1.C[C@H](NC(=O)OC(C)(C)C)c1ncc(-c2ccc(-c3ccc(-c4cnc([C@H](C)NC(=O)OC(C)(C)C)n4COCC[Si](C)(C)C)cn3)nc2)n1COCC[Si](C)(C)C. The minimum atomic E-state index is -1.30. The van der Waals surface area contributed by atoms with Crippen molar-refractivity contribution in [2.24, 2.45) is 5.73 Å². The van der Waals surface area contributed by atoms with Gasteiger partial charge < -0.3 is 54.4 Å². The highest BCUT2D eigenvalue weighted by Gasteiger charge is 2.26. The summed E-state index contributed by atoms with van der Waals surface area (Å²) in [5, 5.41) is 5.82. The number of rotatable bonds is 22. The zero-order valence-electron chi connectivity index (χ0n) is 53.3. The van der Waals surface area contributed by atoms with Crippen molar-refractivity contribution in [3.63, 3.8) is 0 Å². The first kappa shape index (κ1) is 65.8. The molecule has 8 heterocycles. The van der Waals surface area contributed by atoms with Crippen molar-refractivity contribution in [1.82, 2.24) is 69.6 Å². The third-order valence-electron chi connectivity index (χ3n) is 13.4. The van der Waals surface area contributed by atoms with Gasteiger partial charge in [0.1, 0.15) is 48.0 Å². The first-order valence-corrected chi connectivity index (χ1v) is 36.8. The van der Waals surface area contributed by atoms with Gasteiger partial charge in [0, 0.05) is 82.3 Å². The summed E-state index contributed by atoms with van der Waals surface area (Å²) in [7, 11) is -2.59. The van der Waals surface area contributed by atoms with Gasteiger partial charge in [0.05, 0.1) is 88.5 Å². The normalized spacial score (nSPS) is 13.2. The van der Waals surface area contributed by atoms with Crippen LogP contribution in [0.4, 0.5) is 9.59 Å². The average molecular weight is 1210 g/mol. The van der Waals surface area contributed by atoms with E-state index in [4.69, 9.17) is 44.6 Å². The fraction of sp³-hybridized carbons (Fsp3) is 0.460. The van der Waals surface area contributed by atoms with E-state index in [0.717, 1.165) is 80.2 Å². The molecule has 0 fully saturated rings. The Hall–Kier alpha value is -7.71. The fourth-order valence-electron chi connectivity index (χ4n) is 8.66. The number of carbonyl (C=O) groups is 2. The molecule has 0 aliphatic carbocycles.